The fourth-order valence-electron chi connectivity index (χ4n) is 2.74. The van der Waals surface area contributed by atoms with Crippen LogP contribution in [0.4, 0.5) is 0 Å². The van der Waals surface area contributed by atoms with E-state index in [1.54, 1.807) is 0 Å². The largest absolute Gasteiger partial charge is 0.325 e. The highest BCUT2D eigenvalue weighted by atomic mass is 16.2. The zero-order valence-electron chi connectivity index (χ0n) is 11.6. The molecule has 3 rings (SSSR count). The first kappa shape index (κ1) is 12.9. The molecular weight excluding hydrogens is 254 g/mol. The lowest BCUT2D eigenvalue weighted by Crippen LogP contribution is -2.26. The lowest BCUT2D eigenvalue weighted by molar-refractivity contribution is 0.213. The van der Waals surface area contributed by atoms with Gasteiger partial charge in [0, 0.05) is 24.8 Å². The molecule has 0 radical (unpaired) electrons. The summed E-state index contributed by atoms with van der Waals surface area (Å²) in [5, 5.41) is 0. The van der Waals surface area contributed by atoms with Gasteiger partial charge in [-0.3, -0.25) is 14.7 Å². The molecule has 2 aromatic rings. The molecule has 0 spiro atoms. The average molecular weight is 271 g/mol. The standard InChI is InChI=1S/C15H17N3O2/c1-9-4-3-5-11(6-9)10(2)18-7-12-13(8-18)16-15(20)17-14(12)19/h3-6,10H,7-8H2,1-2H3,(H2,16,17,19,20). The topological polar surface area (TPSA) is 69.0 Å². The van der Waals surface area contributed by atoms with Crippen LogP contribution in [0.3, 0.4) is 0 Å². The third-order valence-electron chi connectivity index (χ3n) is 3.92. The normalized spacial score (nSPS) is 16.1. The molecule has 104 valence electrons. The van der Waals surface area contributed by atoms with E-state index >= 15 is 0 Å². The third-order valence-corrected chi connectivity index (χ3v) is 3.92. The van der Waals surface area contributed by atoms with Crippen LogP contribution in [0.15, 0.2) is 33.9 Å². The van der Waals surface area contributed by atoms with Crippen LogP contribution in [0.1, 0.15) is 35.3 Å². The van der Waals surface area contributed by atoms with Crippen LogP contribution in [0.25, 0.3) is 0 Å². The summed E-state index contributed by atoms with van der Waals surface area (Å²) in [7, 11) is 0. The molecule has 5 nitrogen and oxygen atoms in total. The molecule has 1 aromatic carbocycles. The summed E-state index contributed by atoms with van der Waals surface area (Å²) < 4.78 is 0. The molecule has 1 atom stereocenters. The number of nitrogens with one attached hydrogen (secondary N) is 2. The fourth-order valence-corrected chi connectivity index (χ4v) is 2.74. The second-order valence-corrected chi connectivity index (χ2v) is 5.36. The van der Waals surface area contributed by atoms with Gasteiger partial charge < -0.3 is 4.98 Å². The van der Waals surface area contributed by atoms with Crippen molar-refractivity contribution in [3.63, 3.8) is 0 Å². The molecular formula is C15H17N3O2. The number of nitrogens with zero attached hydrogens (tertiary/aromatic N) is 1. The molecule has 1 aliphatic rings. The third kappa shape index (κ3) is 2.20. The highest BCUT2D eigenvalue weighted by Crippen LogP contribution is 2.28. The zero-order valence-corrected chi connectivity index (χ0v) is 11.6. The molecule has 0 saturated heterocycles. The molecule has 20 heavy (non-hydrogen) atoms. The Hall–Kier alpha value is -2.14. The van der Waals surface area contributed by atoms with Crippen molar-refractivity contribution in [2.45, 2.75) is 33.0 Å². The van der Waals surface area contributed by atoms with Gasteiger partial charge in [0.25, 0.3) is 5.56 Å². The van der Waals surface area contributed by atoms with E-state index in [4.69, 9.17) is 0 Å². The summed E-state index contributed by atoms with van der Waals surface area (Å²) in [6, 6.07) is 8.55. The second-order valence-electron chi connectivity index (χ2n) is 5.36. The summed E-state index contributed by atoms with van der Waals surface area (Å²) in [6.07, 6.45) is 0. The van der Waals surface area contributed by atoms with Crippen molar-refractivity contribution in [2.75, 3.05) is 0 Å². The van der Waals surface area contributed by atoms with E-state index < -0.39 is 5.69 Å². The number of aryl methyl sites for hydroxylation is 1. The van der Waals surface area contributed by atoms with Crippen molar-refractivity contribution in [1.29, 1.82) is 0 Å². The van der Waals surface area contributed by atoms with E-state index in [1.165, 1.54) is 11.1 Å². The first-order chi connectivity index (χ1) is 9.54. The predicted molar refractivity (Wildman–Crippen MR) is 76.5 cm³/mol. The highest BCUT2D eigenvalue weighted by molar-refractivity contribution is 5.27. The summed E-state index contributed by atoms with van der Waals surface area (Å²) in [6.45, 7) is 5.35. The van der Waals surface area contributed by atoms with E-state index in [2.05, 4.69) is 46.9 Å². The van der Waals surface area contributed by atoms with Crippen molar-refractivity contribution in [3.8, 4) is 0 Å². The van der Waals surface area contributed by atoms with E-state index in [0.717, 1.165) is 5.69 Å². The number of rotatable bonds is 2. The second kappa shape index (κ2) is 4.76. The highest BCUT2D eigenvalue weighted by Gasteiger charge is 2.27. The van der Waals surface area contributed by atoms with Crippen LogP contribution in [0.5, 0.6) is 0 Å². The first-order valence-corrected chi connectivity index (χ1v) is 6.69. The van der Waals surface area contributed by atoms with Gasteiger partial charge in [-0.2, -0.15) is 0 Å². The minimum absolute atomic E-state index is 0.199. The number of hydrogen-bond donors (Lipinski definition) is 2. The van der Waals surface area contributed by atoms with Gasteiger partial charge in [-0.25, -0.2) is 4.79 Å². The molecule has 0 bridgehead atoms. The summed E-state index contributed by atoms with van der Waals surface area (Å²) in [5.74, 6) is 0. The van der Waals surface area contributed by atoms with Gasteiger partial charge >= 0.3 is 5.69 Å². The van der Waals surface area contributed by atoms with Gasteiger partial charge in [-0.15, -0.1) is 0 Å². The van der Waals surface area contributed by atoms with E-state index in [0.29, 0.717) is 18.7 Å². The van der Waals surface area contributed by atoms with Crippen molar-refractivity contribution < 1.29 is 0 Å². The zero-order chi connectivity index (χ0) is 14.3. The number of aromatic amines is 2. The Labute approximate surface area is 116 Å². The van der Waals surface area contributed by atoms with Gasteiger partial charge in [0.1, 0.15) is 0 Å². The molecule has 1 aromatic heterocycles. The maximum Gasteiger partial charge on any atom is 0.325 e. The monoisotopic (exact) mass is 271 g/mol. The van der Waals surface area contributed by atoms with Gasteiger partial charge in [0.15, 0.2) is 0 Å². The van der Waals surface area contributed by atoms with Crippen molar-refractivity contribution in [3.05, 3.63) is 67.5 Å². The Kier molecular flexibility index (Phi) is 3.06. The summed E-state index contributed by atoms with van der Waals surface area (Å²) in [5.41, 5.74) is 3.14. The van der Waals surface area contributed by atoms with Crippen LogP contribution >= 0.6 is 0 Å². The van der Waals surface area contributed by atoms with Gasteiger partial charge in [-0.05, 0) is 19.4 Å². The molecule has 1 unspecified atom stereocenters. The number of aromatic nitrogens is 2. The summed E-state index contributed by atoms with van der Waals surface area (Å²) in [4.78, 5) is 30.3. The number of hydrogen-bond acceptors (Lipinski definition) is 3. The smallest absolute Gasteiger partial charge is 0.310 e. The van der Waals surface area contributed by atoms with Crippen molar-refractivity contribution >= 4 is 0 Å². The van der Waals surface area contributed by atoms with E-state index in [1.807, 2.05) is 6.07 Å². The molecule has 0 fully saturated rings. The Morgan fingerprint density at radius 3 is 2.75 bits per heavy atom. The fraction of sp³-hybridized carbons (Fsp3) is 0.333. The molecule has 0 aliphatic carbocycles. The van der Waals surface area contributed by atoms with E-state index in [-0.39, 0.29) is 11.6 Å². The number of benzene rings is 1. The minimum atomic E-state index is -0.432. The van der Waals surface area contributed by atoms with Crippen LogP contribution in [0, 0.1) is 6.92 Å². The quantitative estimate of drug-likeness (QED) is 0.868. The molecule has 2 N–H and O–H groups in total. The number of fused-ring (bicyclic) bond motifs is 1. The van der Waals surface area contributed by atoms with Crippen LogP contribution in [-0.4, -0.2) is 14.9 Å². The van der Waals surface area contributed by atoms with Crippen LogP contribution in [0.2, 0.25) is 0 Å². The van der Waals surface area contributed by atoms with Crippen molar-refractivity contribution in [2.24, 2.45) is 0 Å². The first-order valence-electron chi connectivity index (χ1n) is 6.69. The molecule has 0 amide bonds. The Balaban J connectivity index is 1.90. The molecule has 2 heterocycles. The summed E-state index contributed by atoms with van der Waals surface area (Å²) >= 11 is 0. The minimum Gasteiger partial charge on any atom is -0.310 e. The molecule has 1 aliphatic heterocycles. The molecule has 5 heteroatoms. The van der Waals surface area contributed by atoms with E-state index in [9.17, 15) is 9.59 Å². The van der Waals surface area contributed by atoms with Crippen LogP contribution < -0.4 is 11.2 Å². The van der Waals surface area contributed by atoms with Gasteiger partial charge in [0.2, 0.25) is 0 Å². The SMILES string of the molecule is Cc1cccc(C(C)N2Cc3[nH]c(=O)[nH]c(=O)c3C2)c1. The van der Waals surface area contributed by atoms with Crippen molar-refractivity contribution in [1.82, 2.24) is 14.9 Å². The van der Waals surface area contributed by atoms with Gasteiger partial charge in [-0.1, -0.05) is 29.8 Å². The van der Waals surface area contributed by atoms with Crippen LogP contribution in [-0.2, 0) is 13.1 Å². The maximum atomic E-state index is 11.8. The maximum absolute atomic E-state index is 11.8. The predicted octanol–water partition coefficient (Wildman–Crippen LogP) is 1.45. The Morgan fingerprint density at radius 1 is 1.20 bits per heavy atom. The molecule has 0 saturated carbocycles. The van der Waals surface area contributed by atoms with Gasteiger partial charge in [0.05, 0.1) is 5.56 Å². The lowest BCUT2D eigenvalue weighted by Gasteiger charge is -2.24. The Bertz CT molecular complexity index is 760. The average Bonchev–Trinajstić information content (AvgIpc) is 2.82. The number of H-pyrrole nitrogens is 2. The Morgan fingerprint density at radius 2 is 2.00 bits per heavy atom. The lowest BCUT2D eigenvalue weighted by atomic mass is 10.0.